The van der Waals surface area contributed by atoms with Crippen LogP contribution in [0.2, 0.25) is 0 Å². The van der Waals surface area contributed by atoms with Gasteiger partial charge in [-0.2, -0.15) is 0 Å². The van der Waals surface area contributed by atoms with Gasteiger partial charge in [-0.3, -0.25) is 9.69 Å². The first-order chi connectivity index (χ1) is 9.47. The van der Waals surface area contributed by atoms with Gasteiger partial charge in [0.15, 0.2) is 0 Å². The lowest BCUT2D eigenvalue weighted by Gasteiger charge is -2.25. The molecule has 20 heavy (non-hydrogen) atoms. The van der Waals surface area contributed by atoms with Crippen LogP contribution in [0, 0.1) is 0 Å². The van der Waals surface area contributed by atoms with Crippen LogP contribution in [-0.2, 0) is 9.53 Å². The zero-order valence-corrected chi connectivity index (χ0v) is 13.1. The van der Waals surface area contributed by atoms with Gasteiger partial charge in [-0.05, 0) is 20.8 Å². The van der Waals surface area contributed by atoms with Gasteiger partial charge in [0.1, 0.15) is 5.60 Å². The molecule has 0 saturated carbocycles. The molecule has 1 aliphatic rings. The van der Waals surface area contributed by atoms with E-state index in [9.17, 15) is 4.79 Å². The molecule has 0 spiro atoms. The first-order valence-electron chi connectivity index (χ1n) is 7.54. The fourth-order valence-electron chi connectivity index (χ4n) is 2.03. The molecule has 0 aromatic heterocycles. The summed E-state index contributed by atoms with van der Waals surface area (Å²) in [6.07, 6.45) is 0. The molecule has 0 aromatic carbocycles. The Morgan fingerprint density at radius 2 is 1.40 bits per heavy atom. The molecule has 0 unspecified atom stereocenters. The number of carbonyl (C=O) groups excluding carboxylic acids is 1. The number of carbonyl (C=O) groups is 1. The van der Waals surface area contributed by atoms with E-state index in [0.29, 0.717) is 6.54 Å². The van der Waals surface area contributed by atoms with Crippen molar-refractivity contribution in [2.24, 2.45) is 0 Å². The second-order valence-electron chi connectivity index (χ2n) is 6.11. The maximum Gasteiger partial charge on any atom is 0.320 e. The first kappa shape index (κ1) is 17.4. The monoisotopic (exact) mass is 286 g/mol. The summed E-state index contributed by atoms with van der Waals surface area (Å²) < 4.78 is 5.38. The third-order valence-corrected chi connectivity index (χ3v) is 2.94. The number of esters is 1. The quantitative estimate of drug-likeness (QED) is 0.590. The summed E-state index contributed by atoms with van der Waals surface area (Å²) in [7, 11) is 0. The Hall–Kier alpha value is -0.690. The molecule has 0 atom stereocenters. The average molecular weight is 286 g/mol. The van der Waals surface area contributed by atoms with Crippen molar-refractivity contribution in [2.45, 2.75) is 26.4 Å². The maximum atomic E-state index is 11.9. The summed E-state index contributed by atoms with van der Waals surface area (Å²) >= 11 is 0. The van der Waals surface area contributed by atoms with Gasteiger partial charge < -0.3 is 20.7 Å². The highest BCUT2D eigenvalue weighted by Crippen LogP contribution is 2.07. The lowest BCUT2D eigenvalue weighted by Crippen LogP contribution is -2.44. The van der Waals surface area contributed by atoms with Crippen molar-refractivity contribution in [3.63, 3.8) is 0 Å². The number of rotatable bonds is 2. The normalized spacial score (nSPS) is 20.8. The van der Waals surface area contributed by atoms with Crippen molar-refractivity contribution >= 4 is 5.97 Å². The van der Waals surface area contributed by atoms with Gasteiger partial charge in [0.05, 0.1) is 6.54 Å². The summed E-state index contributed by atoms with van der Waals surface area (Å²) in [6.45, 7) is 13.4. The Morgan fingerprint density at radius 1 is 0.950 bits per heavy atom. The highest BCUT2D eigenvalue weighted by molar-refractivity contribution is 5.72. The predicted octanol–water partition coefficient (Wildman–Crippen LogP) is -0.587. The molecule has 0 radical (unpaired) electrons. The molecule has 1 heterocycles. The van der Waals surface area contributed by atoms with E-state index in [0.717, 1.165) is 52.4 Å². The molecule has 6 heteroatoms. The number of nitrogens with zero attached hydrogens (tertiary/aromatic N) is 1. The van der Waals surface area contributed by atoms with Gasteiger partial charge in [-0.15, -0.1) is 0 Å². The highest BCUT2D eigenvalue weighted by atomic mass is 16.6. The Bertz CT molecular complexity index is 267. The average Bonchev–Trinajstić information content (AvgIpc) is 2.30. The topological polar surface area (TPSA) is 65.6 Å². The van der Waals surface area contributed by atoms with E-state index >= 15 is 0 Å². The summed E-state index contributed by atoms with van der Waals surface area (Å²) in [4.78, 5) is 14.0. The molecule has 0 aromatic rings. The lowest BCUT2D eigenvalue weighted by atomic mass is 10.2. The van der Waals surface area contributed by atoms with Crippen molar-refractivity contribution in [3.05, 3.63) is 0 Å². The fourth-order valence-corrected chi connectivity index (χ4v) is 2.03. The standard InChI is InChI=1S/C14H30N4O2/c1-14(2,3)20-13(19)12-18-10-8-16-6-4-15-5-7-17-9-11-18/h15-17H,4-12H2,1-3H3. The minimum Gasteiger partial charge on any atom is -0.459 e. The number of hydrogen-bond acceptors (Lipinski definition) is 6. The minimum absolute atomic E-state index is 0.147. The molecular formula is C14H30N4O2. The summed E-state index contributed by atoms with van der Waals surface area (Å²) in [5, 5.41) is 10.1. The molecular weight excluding hydrogens is 256 g/mol. The van der Waals surface area contributed by atoms with Crippen molar-refractivity contribution in [1.82, 2.24) is 20.9 Å². The van der Waals surface area contributed by atoms with Crippen molar-refractivity contribution in [2.75, 3.05) is 58.9 Å². The molecule has 3 N–H and O–H groups in total. The predicted molar refractivity (Wildman–Crippen MR) is 80.9 cm³/mol. The summed E-state index contributed by atoms with van der Waals surface area (Å²) in [5.74, 6) is -0.147. The van der Waals surface area contributed by atoms with Crippen LogP contribution in [0.1, 0.15) is 20.8 Å². The lowest BCUT2D eigenvalue weighted by molar-refractivity contribution is -0.156. The number of ether oxygens (including phenoxy) is 1. The third-order valence-electron chi connectivity index (χ3n) is 2.94. The summed E-state index contributed by atoms with van der Waals surface area (Å²) in [5.41, 5.74) is -0.411. The Balaban J connectivity index is 2.36. The van der Waals surface area contributed by atoms with Crippen LogP contribution in [0.15, 0.2) is 0 Å². The number of hydrogen-bond donors (Lipinski definition) is 3. The van der Waals surface area contributed by atoms with E-state index in [1.807, 2.05) is 20.8 Å². The van der Waals surface area contributed by atoms with E-state index in [2.05, 4.69) is 20.9 Å². The molecule has 6 nitrogen and oxygen atoms in total. The molecule has 1 saturated heterocycles. The smallest absolute Gasteiger partial charge is 0.320 e. The van der Waals surface area contributed by atoms with Crippen LogP contribution in [0.4, 0.5) is 0 Å². The highest BCUT2D eigenvalue weighted by Gasteiger charge is 2.18. The van der Waals surface area contributed by atoms with Crippen LogP contribution in [-0.4, -0.2) is 75.4 Å². The van der Waals surface area contributed by atoms with E-state index < -0.39 is 5.60 Å². The van der Waals surface area contributed by atoms with Crippen LogP contribution in [0.3, 0.4) is 0 Å². The zero-order chi connectivity index (χ0) is 14.8. The molecule has 118 valence electrons. The second kappa shape index (κ2) is 9.28. The Morgan fingerprint density at radius 3 is 1.85 bits per heavy atom. The van der Waals surface area contributed by atoms with Crippen molar-refractivity contribution in [3.8, 4) is 0 Å². The van der Waals surface area contributed by atoms with E-state index in [4.69, 9.17) is 4.74 Å². The molecule has 1 rings (SSSR count). The zero-order valence-electron chi connectivity index (χ0n) is 13.1. The van der Waals surface area contributed by atoms with Crippen LogP contribution in [0.5, 0.6) is 0 Å². The Kier molecular flexibility index (Phi) is 8.06. The number of nitrogens with one attached hydrogen (secondary N) is 3. The van der Waals surface area contributed by atoms with Gasteiger partial charge in [-0.1, -0.05) is 0 Å². The van der Waals surface area contributed by atoms with Crippen molar-refractivity contribution in [1.29, 1.82) is 0 Å². The molecule has 0 bridgehead atoms. The molecule has 1 aliphatic heterocycles. The Labute approximate surface area is 122 Å². The molecule has 0 amide bonds. The second-order valence-corrected chi connectivity index (χ2v) is 6.11. The molecule has 0 aliphatic carbocycles. The van der Waals surface area contributed by atoms with Gasteiger partial charge in [-0.25, -0.2) is 0 Å². The van der Waals surface area contributed by atoms with Crippen LogP contribution < -0.4 is 16.0 Å². The summed E-state index contributed by atoms with van der Waals surface area (Å²) in [6, 6.07) is 0. The van der Waals surface area contributed by atoms with Gasteiger partial charge in [0, 0.05) is 52.4 Å². The van der Waals surface area contributed by atoms with E-state index in [-0.39, 0.29) is 5.97 Å². The van der Waals surface area contributed by atoms with Gasteiger partial charge in [0.2, 0.25) is 0 Å². The van der Waals surface area contributed by atoms with Gasteiger partial charge in [0.25, 0.3) is 0 Å². The fraction of sp³-hybridized carbons (Fsp3) is 0.929. The van der Waals surface area contributed by atoms with Gasteiger partial charge >= 0.3 is 5.97 Å². The molecule has 1 fully saturated rings. The third kappa shape index (κ3) is 9.25. The SMILES string of the molecule is CC(C)(C)OC(=O)CN1CCNCCNCCNCC1. The van der Waals surface area contributed by atoms with E-state index in [1.165, 1.54) is 0 Å². The largest absolute Gasteiger partial charge is 0.459 e. The van der Waals surface area contributed by atoms with Crippen molar-refractivity contribution < 1.29 is 9.53 Å². The maximum absolute atomic E-state index is 11.9. The minimum atomic E-state index is -0.411. The van der Waals surface area contributed by atoms with Crippen LogP contribution >= 0.6 is 0 Å². The van der Waals surface area contributed by atoms with E-state index in [1.54, 1.807) is 0 Å². The first-order valence-corrected chi connectivity index (χ1v) is 7.54. The van der Waals surface area contributed by atoms with Crippen LogP contribution in [0.25, 0.3) is 0 Å².